The van der Waals surface area contributed by atoms with E-state index < -0.39 is 0 Å². The molecule has 5 nitrogen and oxygen atoms in total. The molecule has 22 heavy (non-hydrogen) atoms. The van der Waals surface area contributed by atoms with Crippen LogP contribution in [0, 0.1) is 6.92 Å². The van der Waals surface area contributed by atoms with Gasteiger partial charge in [-0.3, -0.25) is 9.88 Å². The molecule has 1 aromatic heterocycles. The lowest BCUT2D eigenvalue weighted by atomic mass is 10.1. The summed E-state index contributed by atoms with van der Waals surface area (Å²) < 4.78 is 0. The van der Waals surface area contributed by atoms with Crippen LogP contribution in [0.4, 0.5) is 16.2 Å². The molecule has 1 aliphatic rings. The van der Waals surface area contributed by atoms with Gasteiger partial charge in [0.05, 0.1) is 16.9 Å². The number of anilines is 2. The molecule has 5 heteroatoms. The third-order valence-corrected chi connectivity index (χ3v) is 4.23. The number of nitrogens with two attached hydrogens (primary N) is 1. The average Bonchev–Trinajstić information content (AvgIpc) is 2.86. The molecule has 0 atom stereocenters. The van der Waals surface area contributed by atoms with Crippen LogP contribution in [0.5, 0.6) is 0 Å². The second-order valence-electron chi connectivity index (χ2n) is 5.81. The van der Waals surface area contributed by atoms with Gasteiger partial charge < -0.3 is 10.6 Å². The van der Waals surface area contributed by atoms with E-state index in [0.717, 1.165) is 54.6 Å². The first-order chi connectivity index (χ1) is 10.6. The fourth-order valence-electron chi connectivity index (χ4n) is 3.04. The maximum Gasteiger partial charge on any atom is 0.324 e. The minimum Gasteiger partial charge on any atom is -0.397 e. The Kier molecular flexibility index (Phi) is 3.88. The Labute approximate surface area is 130 Å². The van der Waals surface area contributed by atoms with Crippen LogP contribution < -0.4 is 10.6 Å². The Morgan fingerprint density at radius 3 is 2.91 bits per heavy atom. The van der Waals surface area contributed by atoms with Gasteiger partial charge in [-0.2, -0.15) is 0 Å². The Hall–Kier alpha value is -2.30. The largest absolute Gasteiger partial charge is 0.397 e. The average molecular weight is 298 g/mol. The van der Waals surface area contributed by atoms with Crippen molar-refractivity contribution in [1.82, 2.24) is 9.88 Å². The van der Waals surface area contributed by atoms with E-state index in [1.165, 1.54) is 0 Å². The predicted octanol–water partition coefficient (Wildman–Crippen LogP) is 3.17. The molecule has 116 valence electrons. The topological polar surface area (TPSA) is 62.5 Å². The van der Waals surface area contributed by atoms with Gasteiger partial charge in [-0.1, -0.05) is 25.5 Å². The number of fused-ring (bicyclic) bond motifs is 1. The van der Waals surface area contributed by atoms with E-state index in [1.54, 1.807) is 6.20 Å². The molecule has 3 rings (SSSR count). The smallest absolute Gasteiger partial charge is 0.324 e. The minimum absolute atomic E-state index is 0.0893. The number of nitrogens with zero attached hydrogens (tertiary/aromatic N) is 3. The number of para-hydroxylation sites is 1. The molecule has 1 aromatic carbocycles. The lowest BCUT2D eigenvalue weighted by molar-refractivity contribution is 0.220. The summed E-state index contributed by atoms with van der Waals surface area (Å²) >= 11 is 0. The zero-order valence-corrected chi connectivity index (χ0v) is 13.2. The van der Waals surface area contributed by atoms with E-state index in [1.807, 2.05) is 34.9 Å². The molecule has 0 unspecified atom stereocenters. The molecule has 2 N–H and O–H groups in total. The highest BCUT2D eigenvalue weighted by Crippen LogP contribution is 2.33. The summed E-state index contributed by atoms with van der Waals surface area (Å²) in [5.41, 5.74) is 9.39. The molecule has 2 aromatic rings. The van der Waals surface area contributed by atoms with Gasteiger partial charge in [0.25, 0.3) is 0 Å². The molecule has 0 saturated carbocycles. The maximum atomic E-state index is 12.7. The van der Waals surface area contributed by atoms with Crippen LogP contribution in [0.3, 0.4) is 0 Å². The number of hydrogen-bond acceptors (Lipinski definition) is 3. The zero-order chi connectivity index (χ0) is 15.7. The van der Waals surface area contributed by atoms with Gasteiger partial charge in [-0.15, -0.1) is 0 Å². The second kappa shape index (κ2) is 5.83. The van der Waals surface area contributed by atoms with Gasteiger partial charge in [-0.25, -0.2) is 4.79 Å². The van der Waals surface area contributed by atoms with Crippen molar-refractivity contribution in [3.63, 3.8) is 0 Å². The van der Waals surface area contributed by atoms with E-state index in [0.29, 0.717) is 5.69 Å². The van der Waals surface area contributed by atoms with Crippen LogP contribution in [0.2, 0.25) is 0 Å². The molecule has 1 saturated heterocycles. The number of pyridine rings is 1. The third-order valence-electron chi connectivity index (χ3n) is 4.23. The summed E-state index contributed by atoms with van der Waals surface area (Å²) in [5, 5.41) is 0.950. The Bertz CT molecular complexity index is 713. The molecule has 2 heterocycles. The van der Waals surface area contributed by atoms with Gasteiger partial charge in [0, 0.05) is 31.2 Å². The molecule has 1 fully saturated rings. The molecule has 0 aliphatic carbocycles. The normalized spacial score (nSPS) is 15.1. The monoisotopic (exact) mass is 298 g/mol. The van der Waals surface area contributed by atoms with Gasteiger partial charge in [0.15, 0.2) is 0 Å². The summed E-state index contributed by atoms with van der Waals surface area (Å²) in [6.45, 7) is 6.46. The molecule has 2 amide bonds. The lowest BCUT2D eigenvalue weighted by Crippen LogP contribution is -2.33. The number of rotatable bonds is 4. The van der Waals surface area contributed by atoms with E-state index >= 15 is 0 Å². The Morgan fingerprint density at radius 1 is 1.32 bits per heavy atom. The van der Waals surface area contributed by atoms with Crippen LogP contribution in [-0.2, 0) is 0 Å². The van der Waals surface area contributed by atoms with Crippen LogP contribution in [0.15, 0.2) is 24.4 Å². The summed E-state index contributed by atoms with van der Waals surface area (Å²) in [6.07, 6.45) is 3.94. The highest BCUT2D eigenvalue weighted by molar-refractivity contribution is 6.06. The number of unbranched alkanes of at least 4 members (excludes halogenated alkanes) is 1. The second-order valence-corrected chi connectivity index (χ2v) is 5.81. The van der Waals surface area contributed by atoms with Crippen molar-refractivity contribution >= 4 is 28.3 Å². The van der Waals surface area contributed by atoms with Crippen LogP contribution in [0.1, 0.15) is 25.3 Å². The Balaban J connectivity index is 2.02. The number of carbonyl (C=O) groups excluding carboxylic acids is 1. The number of carbonyl (C=O) groups is 1. The van der Waals surface area contributed by atoms with Crippen molar-refractivity contribution in [3.05, 3.63) is 30.0 Å². The highest BCUT2D eigenvalue weighted by Gasteiger charge is 2.31. The van der Waals surface area contributed by atoms with Crippen LogP contribution >= 0.6 is 0 Å². The van der Waals surface area contributed by atoms with Gasteiger partial charge in [-0.05, 0) is 25.0 Å². The summed E-state index contributed by atoms with van der Waals surface area (Å²) in [5.74, 6) is 0. The lowest BCUT2D eigenvalue weighted by Gasteiger charge is -2.22. The first kappa shape index (κ1) is 14.6. The number of hydrogen-bond donors (Lipinski definition) is 1. The predicted molar refractivity (Wildman–Crippen MR) is 90.1 cm³/mol. The van der Waals surface area contributed by atoms with Crippen molar-refractivity contribution in [1.29, 1.82) is 0 Å². The van der Waals surface area contributed by atoms with E-state index in [9.17, 15) is 4.79 Å². The summed E-state index contributed by atoms with van der Waals surface area (Å²) in [7, 11) is 0. The van der Waals surface area contributed by atoms with Crippen molar-refractivity contribution in [2.45, 2.75) is 26.7 Å². The fourth-order valence-corrected chi connectivity index (χ4v) is 3.04. The van der Waals surface area contributed by atoms with Crippen molar-refractivity contribution < 1.29 is 4.79 Å². The van der Waals surface area contributed by atoms with E-state index in [4.69, 9.17) is 5.73 Å². The summed E-state index contributed by atoms with van der Waals surface area (Å²) in [4.78, 5) is 20.9. The van der Waals surface area contributed by atoms with E-state index in [2.05, 4.69) is 11.9 Å². The summed E-state index contributed by atoms with van der Waals surface area (Å²) in [6, 6.07) is 5.83. The van der Waals surface area contributed by atoms with Crippen molar-refractivity contribution in [2.24, 2.45) is 0 Å². The van der Waals surface area contributed by atoms with Crippen LogP contribution in [0.25, 0.3) is 10.9 Å². The number of nitrogen functional groups attached to an aromatic ring is 1. The molecular formula is C17H22N4O. The first-order valence-electron chi connectivity index (χ1n) is 7.83. The molecule has 0 spiro atoms. The number of aromatic nitrogens is 1. The molecule has 0 bridgehead atoms. The van der Waals surface area contributed by atoms with Gasteiger partial charge >= 0.3 is 6.03 Å². The molecule has 0 radical (unpaired) electrons. The zero-order valence-electron chi connectivity index (χ0n) is 13.2. The van der Waals surface area contributed by atoms with Crippen molar-refractivity contribution in [2.75, 3.05) is 30.3 Å². The number of aryl methyl sites for hydroxylation is 1. The minimum atomic E-state index is 0.0893. The van der Waals surface area contributed by atoms with Gasteiger partial charge in [0.2, 0.25) is 0 Å². The quantitative estimate of drug-likeness (QED) is 0.882. The fraction of sp³-hybridized carbons (Fsp3) is 0.412. The van der Waals surface area contributed by atoms with Crippen LogP contribution in [-0.4, -0.2) is 35.5 Å². The molecular weight excluding hydrogens is 276 g/mol. The number of urea groups is 1. The third kappa shape index (κ3) is 2.36. The standard InChI is InChI=1S/C17H22N4O/c1-3-4-8-20-9-10-21(17(20)22)16-12(2)11-19-15-13(16)6-5-7-14(15)18/h5-7,11H,3-4,8-10,18H2,1-2H3. The Morgan fingerprint density at radius 2 is 2.14 bits per heavy atom. The highest BCUT2D eigenvalue weighted by atomic mass is 16.2. The number of amides is 2. The van der Waals surface area contributed by atoms with E-state index in [-0.39, 0.29) is 6.03 Å². The number of benzene rings is 1. The van der Waals surface area contributed by atoms with Crippen molar-refractivity contribution in [3.8, 4) is 0 Å². The van der Waals surface area contributed by atoms with Gasteiger partial charge in [0.1, 0.15) is 0 Å². The molecule has 1 aliphatic heterocycles. The maximum absolute atomic E-state index is 12.7. The SMILES string of the molecule is CCCCN1CCN(c2c(C)cnc3c(N)cccc23)C1=O. The first-order valence-corrected chi connectivity index (χ1v) is 7.83.